The van der Waals surface area contributed by atoms with Gasteiger partial charge < -0.3 is 10.2 Å². The molecule has 1 atom stereocenters. The number of amides is 2. The molecule has 158 valence electrons. The van der Waals surface area contributed by atoms with Crippen LogP contribution < -0.4 is 5.32 Å². The van der Waals surface area contributed by atoms with E-state index < -0.39 is 0 Å². The Balaban J connectivity index is 1.28. The third-order valence-electron chi connectivity index (χ3n) is 5.76. The molecular formula is C26H27N3O2. The first-order chi connectivity index (χ1) is 15.2. The summed E-state index contributed by atoms with van der Waals surface area (Å²) in [5.41, 5.74) is 3.81. The van der Waals surface area contributed by atoms with Crippen LogP contribution in [0.25, 0.3) is 11.1 Å². The summed E-state index contributed by atoms with van der Waals surface area (Å²) in [5.74, 6) is 0.332. The van der Waals surface area contributed by atoms with Crippen molar-refractivity contribution in [2.24, 2.45) is 5.92 Å². The van der Waals surface area contributed by atoms with Gasteiger partial charge in [0.1, 0.15) is 0 Å². The zero-order valence-electron chi connectivity index (χ0n) is 17.5. The minimum atomic E-state index is -0.0709. The van der Waals surface area contributed by atoms with Crippen molar-refractivity contribution in [3.05, 3.63) is 90.3 Å². The Morgan fingerprint density at radius 2 is 1.74 bits per heavy atom. The summed E-state index contributed by atoms with van der Waals surface area (Å²) in [6.07, 6.45) is 5.81. The van der Waals surface area contributed by atoms with Crippen molar-refractivity contribution in [1.29, 1.82) is 0 Å². The van der Waals surface area contributed by atoms with Crippen molar-refractivity contribution in [3.8, 4) is 11.1 Å². The van der Waals surface area contributed by atoms with Crippen molar-refractivity contribution in [1.82, 2.24) is 15.2 Å². The first-order valence-electron chi connectivity index (χ1n) is 10.8. The first-order valence-corrected chi connectivity index (χ1v) is 10.8. The predicted octanol–water partition coefficient (Wildman–Crippen LogP) is 3.96. The fraction of sp³-hybridized carbons (Fsp3) is 0.269. The van der Waals surface area contributed by atoms with Crippen molar-refractivity contribution in [2.75, 3.05) is 19.6 Å². The molecule has 0 radical (unpaired) electrons. The van der Waals surface area contributed by atoms with E-state index in [1.165, 1.54) is 0 Å². The Morgan fingerprint density at radius 1 is 0.968 bits per heavy atom. The van der Waals surface area contributed by atoms with Crippen molar-refractivity contribution in [3.63, 3.8) is 0 Å². The summed E-state index contributed by atoms with van der Waals surface area (Å²) in [7, 11) is 0. The Hall–Kier alpha value is -3.47. The molecule has 5 heteroatoms. The molecule has 5 nitrogen and oxygen atoms in total. The molecule has 31 heavy (non-hydrogen) atoms. The highest BCUT2D eigenvalue weighted by Gasteiger charge is 2.24. The quantitative estimate of drug-likeness (QED) is 0.665. The van der Waals surface area contributed by atoms with Crippen LogP contribution in [-0.4, -0.2) is 41.3 Å². The number of piperidine rings is 1. The average molecular weight is 414 g/mol. The number of hydrogen-bond donors (Lipinski definition) is 1. The van der Waals surface area contributed by atoms with Gasteiger partial charge in [0.25, 0.3) is 5.91 Å². The summed E-state index contributed by atoms with van der Waals surface area (Å²) >= 11 is 0. The third-order valence-corrected chi connectivity index (χ3v) is 5.76. The summed E-state index contributed by atoms with van der Waals surface area (Å²) in [6, 6.07) is 21.6. The van der Waals surface area contributed by atoms with E-state index in [1.54, 1.807) is 12.4 Å². The number of aromatic nitrogens is 1. The van der Waals surface area contributed by atoms with Crippen LogP contribution in [0.5, 0.6) is 0 Å². The molecule has 3 aromatic rings. The number of carbonyl (C=O) groups is 2. The number of nitrogens with one attached hydrogen (secondary N) is 1. The van der Waals surface area contributed by atoms with Crippen LogP contribution >= 0.6 is 0 Å². The molecule has 0 unspecified atom stereocenters. The van der Waals surface area contributed by atoms with Crippen LogP contribution in [0.4, 0.5) is 0 Å². The minimum absolute atomic E-state index is 0.0709. The fourth-order valence-electron chi connectivity index (χ4n) is 4.03. The molecule has 1 aromatic heterocycles. The summed E-state index contributed by atoms with van der Waals surface area (Å²) in [4.78, 5) is 31.2. The fourth-order valence-corrected chi connectivity index (χ4v) is 4.03. The van der Waals surface area contributed by atoms with E-state index >= 15 is 0 Å². The van der Waals surface area contributed by atoms with Gasteiger partial charge in [-0.05, 0) is 53.6 Å². The molecule has 1 N–H and O–H groups in total. The van der Waals surface area contributed by atoms with Crippen LogP contribution in [0.3, 0.4) is 0 Å². The lowest BCUT2D eigenvalue weighted by molar-refractivity contribution is -0.132. The zero-order chi connectivity index (χ0) is 21.5. The summed E-state index contributed by atoms with van der Waals surface area (Å²) in [5, 5.41) is 3.05. The van der Waals surface area contributed by atoms with Crippen LogP contribution in [0, 0.1) is 5.92 Å². The maximum absolute atomic E-state index is 12.6. The Morgan fingerprint density at radius 3 is 2.48 bits per heavy atom. The lowest BCUT2D eigenvalue weighted by Gasteiger charge is -2.33. The number of likely N-dealkylation sites (tertiary alicyclic amines) is 1. The zero-order valence-corrected chi connectivity index (χ0v) is 17.5. The van der Waals surface area contributed by atoms with E-state index in [2.05, 4.69) is 22.4 Å². The van der Waals surface area contributed by atoms with Gasteiger partial charge in [0.2, 0.25) is 5.91 Å². The van der Waals surface area contributed by atoms with Gasteiger partial charge in [-0.3, -0.25) is 14.6 Å². The number of pyridine rings is 1. The molecule has 2 amide bonds. The number of nitrogens with zero attached hydrogens (tertiary/aromatic N) is 2. The number of rotatable bonds is 6. The van der Waals surface area contributed by atoms with Gasteiger partial charge in [-0.15, -0.1) is 0 Å². The highest BCUT2D eigenvalue weighted by atomic mass is 16.2. The lowest BCUT2D eigenvalue weighted by atomic mass is 9.97. The average Bonchev–Trinajstić information content (AvgIpc) is 2.84. The Kier molecular flexibility index (Phi) is 6.72. The molecule has 0 spiro atoms. The van der Waals surface area contributed by atoms with E-state index in [9.17, 15) is 9.59 Å². The summed E-state index contributed by atoms with van der Waals surface area (Å²) in [6.45, 7) is 2.05. The monoisotopic (exact) mass is 413 g/mol. The van der Waals surface area contributed by atoms with Gasteiger partial charge in [0.05, 0.1) is 6.42 Å². The van der Waals surface area contributed by atoms with Crippen LogP contribution in [0.1, 0.15) is 28.8 Å². The molecule has 0 bridgehead atoms. The van der Waals surface area contributed by atoms with Gasteiger partial charge >= 0.3 is 0 Å². The molecule has 0 saturated carbocycles. The normalized spacial score (nSPS) is 16.0. The van der Waals surface area contributed by atoms with Gasteiger partial charge in [-0.25, -0.2) is 0 Å². The van der Waals surface area contributed by atoms with Gasteiger partial charge in [-0.2, -0.15) is 0 Å². The maximum atomic E-state index is 12.6. The predicted molar refractivity (Wildman–Crippen MR) is 121 cm³/mol. The van der Waals surface area contributed by atoms with Crippen molar-refractivity contribution < 1.29 is 9.59 Å². The minimum Gasteiger partial charge on any atom is -0.352 e. The molecule has 2 aromatic carbocycles. The highest BCUT2D eigenvalue weighted by molar-refractivity contribution is 5.94. The second-order valence-corrected chi connectivity index (χ2v) is 8.04. The Labute approximate surface area is 183 Å². The largest absolute Gasteiger partial charge is 0.352 e. The van der Waals surface area contributed by atoms with Crippen LogP contribution in [0.2, 0.25) is 0 Å². The standard InChI is InChI=1S/C26H27N3O2/c30-25(16-20-6-4-14-27-17-20)29-15-5-7-21(19-29)18-28-26(31)24-12-10-23(11-13-24)22-8-2-1-3-9-22/h1-4,6,8-14,17,21H,5,7,15-16,18-19H2,(H,28,31)/t21-/m1/s1. The van der Waals surface area contributed by atoms with Crippen LogP contribution in [0.15, 0.2) is 79.1 Å². The van der Waals surface area contributed by atoms with E-state index in [0.29, 0.717) is 25.1 Å². The second kappa shape index (κ2) is 10.0. The number of carbonyl (C=O) groups excluding carboxylic acids is 2. The smallest absolute Gasteiger partial charge is 0.251 e. The number of hydrogen-bond acceptors (Lipinski definition) is 3. The van der Waals surface area contributed by atoms with Crippen molar-refractivity contribution >= 4 is 11.8 Å². The van der Waals surface area contributed by atoms with E-state index in [1.807, 2.05) is 59.5 Å². The first kappa shape index (κ1) is 20.8. The third kappa shape index (κ3) is 5.57. The summed E-state index contributed by atoms with van der Waals surface area (Å²) < 4.78 is 0. The molecule has 2 heterocycles. The molecule has 1 fully saturated rings. The molecule has 4 rings (SSSR count). The van der Waals surface area contributed by atoms with Gasteiger partial charge in [0, 0.05) is 37.6 Å². The van der Waals surface area contributed by atoms with Gasteiger partial charge in [0.15, 0.2) is 0 Å². The maximum Gasteiger partial charge on any atom is 0.251 e. The van der Waals surface area contributed by atoms with E-state index in [0.717, 1.165) is 36.1 Å². The van der Waals surface area contributed by atoms with Crippen LogP contribution in [-0.2, 0) is 11.2 Å². The second-order valence-electron chi connectivity index (χ2n) is 8.04. The van der Waals surface area contributed by atoms with E-state index in [4.69, 9.17) is 0 Å². The molecule has 1 aliphatic rings. The van der Waals surface area contributed by atoms with E-state index in [-0.39, 0.29) is 17.7 Å². The SMILES string of the molecule is O=C(NC[C@H]1CCCN(C(=O)Cc2cccnc2)C1)c1ccc(-c2ccccc2)cc1. The lowest BCUT2D eigenvalue weighted by Crippen LogP contribution is -2.44. The molecule has 1 saturated heterocycles. The molecular weight excluding hydrogens is 386 g/mol. The highest BCUT2D eigenvalue weighted by Crippen LogP contribution is 2.20. The molecule has 1 aliphatic heterocycles. The molecule has 0 aliphatic carbocycles. The van der Waals surface area contributed by atoms with Crippen molar-refractivity contribution in [2.45, 2.75) is 19.3 Å². The topological polar surface area (TPSA) is 62.3 Å². The van der Waals surface area contributed by atoms with Gasteiger partial charge in [-0.1, -0.05) is 48.5 Å². The Bertz CT molecular complexity index is 1000. The number of benzene rings is 2.